The van der Waals surface area contributed by atoms with Crippen LogP contribution in [-0.4, -0.2) is 22.0 Å². The van der Waals surface area contributed by atoms with Crippen LogP contribution in [0.25, 0.3) is 11.0 Å². The van der Waals surface area contributed by atoms with E-state index in [4.69, 9.17) is 17.5 Å². The second-order valence-corrected chi connectivity index (χ2v) is 5.38. The fourth-order valence-corrected chi connectivity index (χ4v) is 2.52. The second kappa shape index (κ2) is 5.10. The first-order valence-corrected chi connectivity index (χ1v) is 7.00. The quantitative estimate of drug-likeness (QED) is 0.845. The molecule has 1 heterocycles. The zero-order valence-electron chi connectivity index (χ0n) is 10.8. The van der Waals surface area contributed by atoms with Gasteiger partial charge in [-0.3, -0.25) is 4.79 Å². The molecule has 1 amide bonds. The van der Waals surface area contributed by atoms with Crippen LogP contribution in [0.15, 0.2) is 18.2 Å². The molecule has 3 rings (SSSR count). The monoisotopic (exact) mass is 286 g/mol. The molecule has 0 atom stereocenters. The molecule has 6 heteroatoms. The van der Waals surface area contributed by atoms with Crippen LogP contribution in [0.2, 0.25) is 0 Å². The highest BCUT2D eigenvalue weighted by atomic mass is 32.1. The lowest BCUT2D eigenvalue weighted by Crippen LogP contribution is -2.28. The largest absolute Gasteiger partial charge is 0.354 e. The van der Waals surface area contributed by atoms with Gasteiger partial charge >= 0.3 is 0 Å². The Balaban J connectivity index is 1.79. The van der Waals surface area contributed by atoms with E-state index in [1.54, 1.807) is 6.07 Å². The third-order valence-corrected chi connectivity index (χ3v) is 3.81. The van der Waals surface area contributed by atoms with Crippen LogP contribution in [0, 0.1) is 22.0 Å². The van der Waals surface area contributed by atoms with E-state index in [0.29, 0.717) is 23.4 Å². The second-order valence-electron chi connectivity index (χ2n) is 4.99. The summed E-state index contributed by atoms with van der Waals surface area (Å²) in [7, 11) is 0. The Kier molecular flexibility index (Phi) is 3.28. The lowest BCUT2D eigenvalue weighted by Gasteiger charge is -2.06. The number of nitriles is 1. The van der Waals surface area contributed by atoms with Crippen molar-refractivity contribution in [3.8, 4) is 6.07 Å². The van der Waals surface area contributed by atoms with E-state index < -0.39 is 0 Å². The van der Waals surface area contributed by atoms with Crippen molar-refractivity contribution in [2.45, 2.75) is 19.4 Å². The Labute approximate surface area is 121 Å². The van der Waals surface area contributed by atoms with Gasteiger partial charge in [0.05, 0.1) is 22.7 Å². The summed E-state index contributed by atoms with van der Waals surface area (Å²) in [5.74, 6) is 0.352. The molecule has 0 unspecified atom stereocenters. The molecule has 0 radical (unpaired) electrons. The minimum absolute atomic E-state index is 0.133. The van der Waals surface area contributed by atoms with Crippen molar-refractivity contribution in [1.82, 2.24) is 14.9 Å². The van der Waals surface area contributed by atoms with Crippen molar-refractivity contribution in [3.05, 3.63) is 28.5 Å². The molecule has 0 bridgehead atoms. The van der Waals surface area contributed by atoms with E-state index in [-0.39, 0.29) is 11.8 Å². The summed E-state index contributed by atoms with van der Waals surface area (Å²) in [6.45, 7) is 1.15. The topological polar surface area (TPSA) is 73.6 Å². The summed E-state index contributed by atoms with van der Waals surface area (Å²) in [6, 6.07) is 7.54. The average Bonchev–Trinajstić information content (AvgIpc) is 3.24. The number of H-pyrrole nitrogens is 1. The summed E-state index contributed by atoms with van der Waals surface area (Å²) in [5, 5.41) is 11.9. The van der Waals surface area contributed by atoms with E-state index in [2.05, 4.69) is 16.4 Å². The first kappa shape index (κ1) is 12.9. The predicted octanol–water partition coefficient (Wildman–Crippen LogP) is 2.10. The smallest absolute Gasteiger partial charge is 0.223 e. The first-order valence-electron chi connectivity index (χ1n) is 6.59. The van der Waals surface area contributed by atoms with Crippen LogP contribution in [0.5, 0.6) is 0 Å². The van der Waals surface area contributed by atoms with Crippen LogP contribution in [-0.2, 0) is 11.3 Å². The average molecular weight is 286 g/mol. The van der Waals surface area contributed by atoms with Crippen LogP contribution in [0.3, 0.4) is 0 Å². The Bertz CT molecular complexity index is 764. The number of rotatable bonds is 4. The standard InChI is InChI=1S/C14H14N4OS/c15-8-9-1-4-11-12(7-9)18(14(20)17-11)6-5-16-13(19)10-2-3-10/h1,4,7,10H,2-3,5-6H2,(H,16,19)(H,17,20). The number of aromatic nitrogens is 2. The SMILES string of the molecule is N#Cc1ccc2[nH]c(=S)n(CCNC(=O)C3CC3)c2c1. The van der Waals surface area contributed by atoms with Crippen LogP contribution in [0.1, 0.15) is 18.4 Å². The number of benzene rings is 1. The Morgan fingerprint density at radius 2 is 2.35 bits per heavy atom. The van der Waals surface area contributed by atoms with E-state index >= 15 is 0 Å². The number of hydrogen-bond donors (Lipinski definition) is 2. The maximum Gasteiger partial charge on any atom is 0.223 e. The molecule has 2 N–H and O–H groups in total. The molecule has 1 aromatic carbocycles. The number of imidazole rings is 1. The summed E-state index contributed by atoms with van der Waals surface area (Å²) in [5.41, 5.74) is 2.40. The lowest BCUT2D eigenvalue weighted by atomic mass is 10.2. The Morgan fingerprint density at radius 3 is 3.05 bits per heavy atom. The summed E-state index contributed by atoms with van der Waals surface area (Å²) in [4.78, 5) is 14.7. The van der Waals surface area contributed by atoms with Crippen molar-refractivity contribution in [2.75, 3.05) is 6.54 Å². The number of nitrogens with one attached hydrogen (secondary N) is 2. The fraction of sp³-hybridized carbons (Fsp3) is 0.357. The summed E-state index contributed by atoms with van der Waals surface area (Å²) in [6.07, 6.45) is 2.01. The molecule has 102 valence electrons. The minimum atomic E-state index is 0.133. The maximum absolute atomic E-state index is 11.6. The van der Waals surface area contributed by atoms with Gasteiger partial charge in [0.1, 0.15) is 0 Å². The predicted molar refractivity (Wildman–Crippen MR) is 77.6 cm³/mol. The number of carbonyl (C=O) groups excluding carboxylic acids is 1. The van der Waals surface area contributed by atoms with Gasteiger partial charge in [-0.1, -0.05) is 0 Å². The van der Waals surface area contributed by atoms with Gasteiger partial charge in [0.2, 0.25) is 5.91 Å². The molecule has 1 fully saturated rings. The van der Waals surface area contributed by atoms with Gasteiger partial charge < -0.3 is 14.9 Å². The van der Waals surface area contributed by atoms with Gasteiger partial charge in [0, 0.05) is 19.0 Å². The Hall–Kier alpha value is -2.13. The number of amides is 1. The number of aromatic amines is 1. The third kappa shape index (κ3) is 2.45. The van der Waals surface area contributed by atoms with Gasteiger partial charge in [0.25, 0.3) is 0 Å². The van der Waals surface area contributed by atoms with Crippen molar-refractivity contribution < 1.29 is 4.79 Å². The van der Waals surface area contributed by atoms with Crippen LogP contribution < -0.4 is 5.32 Å². The highest BCUT2D eigenvalue weighted by molar-refractivity contribution is 7.71. The molecule has 5 nitrogen and oxygen atoms in total. The van der Waals surface area contributed by atoms with Crippen molar-refractivity contribution in [1.29, 1.82) is 5.26 Å². The zero-order chi connectivity index (χ0) is 14.1. The summed E-state index contributed by atoms with van der Waals surface area (Å²) >= 11 is 5.29. The van der Waals surface area contributed by atoms with Gasteiger partial charge in [-0.05, 0) is 43.3 Å². The maximum atomic E-state index is 11.6. The fourth-order valence-electron chi connectivity index (χ4n) is 2.23. The molecule has 1 aliphatic rings. The van der Waals surface area contributed by atoms with E-state index in [1.165, 1.54) is 0 Å². The molecule has 0 aliphatic heterocycles. The third-order valence-electron chi connectivity index (χ3n) is 3.49. The normalized spacial score (nSPS) is 14.2. The van der Waals surface area contributed by atoms with Gasteiger partial charge in [-0.25, -0.2) is 0 Å². The summed E-state index contributed by atoms with van der Waals surface area (Å²) < 4.78 is 2.52. The minimum Gasteiger partial charge on any atom is -0.354 e. The van der Waals surface area contributed by atoms with E-state index in [0.717, 1.165) is 23.9 Å². The highest BCUT2D eigenvalue weighted by Crippen LogP contribution is 2.28. The molecule has 0 spiro atoms. The van der Waals surface area contributed by atoms with Crippen molar-refractivity contribution in [3.63, 3.8) is 0 Å². The van der Waals surface area contributed by atoms with Gasteiger partial charge in [-0.15, -0.1) is 0 Å². The van der Waals surface area contributed by atoms with E-state index in [1.807, 2.05) is 16.7 Å². The lowest BCUT2D eigenvalue weighted by molar-refractivity contribution is -0.122. The number of carbonyl (C=O) groups is 1. The number of fused-ring (bicyclic) bond motifs is 1. The number of hydrogen-bond acceptors (Lipinski definition) is 3. The van der Waals surface area contributed by atoms with Crippen LogP contribution in [0.4, 0.5) is 0 Å². The van der Waals surface area contributed by atoms with Crippen LogP contribution >= 0.6 is 12.2 Å². The van der Waals surface area contributed by atoms with Crippen molar-refractivity contribution >= 4 is 29.2 Å². The zero-order valence-corrected chi connectivity index (χ0v) is 11.7. The van der Waals surface area contributed by atoms with Gasteiger partial charge in [-0.2, -0.15) is 5.26 Å². The molecular formula is C14H14N4OS. The molecule has 1 saturated carbocycles. The number of nitrogens with zero attached hydrogens (tertiary/aromatic N) is 2. The molecule has 2 aromatic rings. The van der Waals surface area contributed by atoms with E-state index in [9.17, 15) is 4.79 Å². The molecular weight excluding hydrogens is 272 g/mol. The Morgan fingerprint density at radius 1 is 1.55 bits per heavy atom. The molecule has 20 heavy (non-hydrogen) atoms. The van der Waals surface area contributed by atoms with Crippen molar-refractivity contribution in [2.24, 2.45) is 5.92 Å². The van der Waals surface area contributed by atoms with Gasteiger partial charge in [0.15, 0.2) is 4.77 Å². The first-order chi connectivity index (χ1) is 9.69. The highest BCUT2D eigenvalue weighted by Gasteiger charge is 2.29. The molecule has 0 saturated heterocycles. The molecule has 1 aliphatic carbocycles. The molecule has 1 aromatic heterocycles.